The molecule has 0 saturated carbocycles. The number of phenolic OH excluding ortho intramolecular Hbond substituents is 1. The number of rotatable bonds is 5. The van der Waals surface area contributed by atoms with Crippen molar-refractivity contribution >= 4 is 11.0 Å². The van der Waals surface area contributed by atoms with Crippen molar-refractivity contribution in [2.75, 3.05) is 0 Å². The van der Waals surface area contributed by atoms with Crippen LogP contribution in [-0.4, -0.2) is 5.11 Å². The van der Waals surface area contributed by atoms with E-state index in [1.807, 2.05) is 12.1 Å². The Balaban J connectivity index is 2.48. The molecule has 0 bridgehead atoms. The topological polar surface area (TPSA) is 50.4 Å². The lowest BCUT2D eigenvalue weighted by Gasteiger charge is -2.27. The lowest BCUT2D eigenvalue weighted by molar-refractivity contribution is 0.440. The van der Waals surface area contributed by atoms with Crippen molar-refractivity contribution in [2.45, 2.75) is 39.0 Å². The summed E-state index contributed by atoms with van der Waals surface area (Å²) in [7, 11) is 0. The van der Waals surface area contributed by atoms with Crippen LogP contribution in [0.15, 0.2) is 57.8 Å². The van der Waals surface area contributed by atoms with Gasteiger partial charge in [-0.1, -0.05) is 24.6 Å². The Labute approximate surface area is 130 Å². The molecule has 2 aromatic rings. The molecule has 0 unspecified atom stereocenters. The van der Waals surface area contributed by atoms with Gasteiger partial charge in [-0.15, -0.1) is 6.58 Å². The van der Waals surface area contributed by atoms with E-state index in [9.17, 15) is 9.90 Å². The summed E-state index contributed by atoms with van der Waals surface area (Å²) in [5, 5.41) is 11.1. The zero-order valence-electron chi connectivity index (χ0n) is 13.3. The highest BCUT2D eigenvalue weighted by Gasteiger charge is 2.26. The molecule has 22 heavy (non-hydrogen) atoms. The fourth-order valence-corrected chi connectivity index (χ4v) is 2.57. The summed E-state index contributed by atoms with van der Waals surface area (Å²) in [4.78, 5) is 11.3. The van der Waals surface area contributed by atoms with E-state index in [1.165, 1.54) is 17.7 Å². The van der Waals surface area contributed by atoms with Crippen LogP contribution in [0.1, 0.15) is 39.2 Å². The first-order valence-electron chi connectivity index (χ1n) is 7.40. The van der Waals surface area contributed by atoms with Crippen LogP contribution < -0.4 is 5.63 Å². The van der Waals surface area contributed by atoms with E-state index in [0.717, 1.165) is 23.8 Å². The largest absolute Gasteiger partial charge is 0.507 e. The van der Waals surface area contributed by atoms with Gasteiger partial charge < -0.3 is 9.52 Å². The monoisotopic (exact) mass is 298 g/mol. The Morgan fingerprint density at radius 2 is 2.09 bits per heavy atom. The van der Waals surface area contributed by atoms with Crippen LogP contribution in [0, 0.1) is 0 Å². The van der Waals surface area contributed by atoms with Gasteiger partial charge in [-0.05, 0) is 38.8 Å². The Morgan fingerprint density at radius 1 is 1.36 bits per heavy atom. The van der Waals surface area contributed by atoms with E-state index in [4.69, 9.17) is 4.42 Å². The minimum atomic E-state index is -0.422. The van der Waals surface area contributed by atoms with E-state index in [0.29, 0.717) is 5.58 Å². The van der Waals surface area contributed by atoms with Crippen LogP contribution in [0.2, 0.25) is 0 Å². The van der Waals surface area contributed by atoms with E-state index >= 15 is 0 Å². The van der Waals surface area contributed by atoms with Crippen molar-refractivity contribution < 1.29 is 9.52 Å². The highest BCUT2D eigenvalue weighted by molar-refractivity contribution is 5.80. The summed E-state index contributed by atoms with van der Waals surface area (Å²) in [5.74, 6) is 0.126. The fourth-order valence-electron chi connectivity index (χ4n) is 2.57. The number of phenols is 1. The average molecular weight is 298 g/mol. The van der Waals surface area contributed by atoms with Gasteiger partial charge in [0.2, 0.25) is 0 Å². The molecule has 0 aliphatic heterocycles. The first-order chi connectivity index (χ1) is 10.4. The summed E-state index contributed by atoms with van der Waals surface area (Å²) in [6.45, 7) is 10.1. The smallest absolute Gasteiger partial charge is 0.336 e. The van der Waals surface area contributed by atoms with Gasteiger partial charge in [-0.25, -0.2) is 4.79 Å². The molecule has 3 heteroatoms. The van der Waals surface area contributed by atoms with Crippen molar-refractivity contribution in [1.29, 1.82) is 0 Å². The van der Waals surface area contributed by atoms with Gasteiger partial charge in [-0.3, -0.25) is 0 Å². The number of hydrogen-bond acceptors (Lipinski definition) is 3. The predicted molar refractivity (Wildman–Crippen MR) is 90.4 cm³/mol. The summed E-state index contributed by atoms with van der Waals surface area (Å²) >= 11 is 0. The molecule has 0 spiro atoms. The normalized spacial score (nSPS) is 13.6. The molecule has 116 valence electrons. The lowest BCUT2D eigenvalue weighted by atomic mass is 9.77. The third-order valence-corrected chi connectivity index (χ3v) is 4.02. The van der Waals surface area contributed by atoms with Gasteiger partial charge in [-0.2, -0.15) is 0 Å². The van der Waals surface area contributed by atoms with Crippen LogP contribution in [0.25, 0.3) is 11.0 Å². The molecule has 0 aliphatic carbocycles. The molecule has 1 heterocycles. The van der Waals surface area contributed by atoms with E-state index in [1.54, 1.807) is 6.07 Å². The SMILES string of the molecule is C=C[C@@](C)(CCC=C(C)C)c1cc2ccc(=O)oc2cc1O. The highest BCUT2D eigenvalue weighted by atomic mass is 16.4. The molecule has 1 atom stereocenters. The van der Waals surface area contributed by atoms with Crippen molar-refractivity contribution in [2.24, 2.45) is 0 Å². The highest BCUT2D eigenvalue weighted by Crippen LogP contribution is 2.38. The Bertz CT molecular complexity index is 779. The third kappa shape index (κ3) is 3.30. The number of aromatic hydroxyl groups is 1. The molecule has 0 amide bonds. The van der Waals surface area contributed by atoms with Gasteiger partial charge in [0.05, 0.1) is 0 Å². The van der Waals surface area contributed by atoms with Gasteiger partial charge in [0.1, 0.15) is 11.3 Å². The van der Waals surface area contributed by atoms with Gasteiger partial charge in [0.15, 0.2) is 0 Å². The second kappa shape index (κ2) is 6.22. The molecule has 1 aromatic heterocycles. The van der Waals surface area contributed by atoms with Crippen molar-refractivity contribution in [3.8, 4) is 5.75 Å². The number of fused-ring (bicyclic) bond motifs is 1. The van der Waals surface area contributed by atoms with Crippen molar-refractivity contribution in [1.82, 2.24) is 0 Å². The lowest BCUT2D eigenvalue weighted by Crippen LogP contribution is -2.18. The second-order valence-corrected chi connectivity index (χ2v) is 6.10. The standard InChI is InChI=1S/C19H22O3/c1-5-19(4,10-6-7-13(2)3)15-11-14-8-9-18(21)22-17(14)12-16(15)20/h5,7-9,11-12,20H,1,6,10H2,2-4H3/t19-/m0/s1. The predicted octanol–water partition coefficient (Wildman–Crippen LogP) is 4.69. The molecular weight excluding hydrogens is 276 g/mol. The minimum Gasteiger partial charge on any atom is -0.507 e. The van der Waals surface area contributed by atoms with Crippen molar-refractivity contribution in [3.63, 3.8) is 0 Å². The quantitative estimate of drug-likeness (QED) is 0.643. The molecule has 3 nitrogen and oxygen atoms in total. The average Bonchev–Trinajstić information content (AvgIpc) is 2.45. The van der Waals surface area contributed by atoms with Crippen LogP contribution in [0.4, 0.5) is 0 Å². The molecule has 0 radical (unpaired) electrons. The number of allylic oxidation sites excluding steroid dienone is 3. The zero-order valence-corrected chi connectivity index (χ0v) is 13.3. The molecule has 1 N–H and O–H groups in total. The maximum Gasteiger partial charge on any atom is 0.336 e. The van der Waals surface area contributed by atoms with Crippen LogP contribution >= 0.6 is 0 Å². The number of benzene rings is 1. The Hall–Kier alpha value is -2.29. The number of hydrogen-bond donors (Lipinski definition) is 1. The Morgan fingerprint density at radius 3 is 2.73 bits per heavy atom. The Kier molecular flexibility index (Phi) is 4.55. The van der Waals surface area contributed by atoms with Gasteiger partial charge in [0, 0.05) is 28.5 Å². The van der Waals surface area contributed by atoms with Crippen LogP contribution in [0.3, 0.4) is 0 Å². The van der Waals surface area contributed by atoms with Crippen LogP contribution in [0.5, 0.6) is 5.75 Å². The van der Waals surface area contributed by atoms with Gasteiger partial charge >= 0.3 is 5.63 Å². The third-order valence-electron chi connectivity index (χ3n) is 4.02. The molecular formula is C19H22O3. The molecule has 0 saturated heterocycles. The fraction of sp³-hybridized carbons (Fsp3) is 0.316. The molecule has 1 aromatic carbocycles. The molecule has 0 fully saturated rings. The van der Waals surface area contributed by atoms with Crippen LogP contribution in [-0.2, 0) is 5.41 Å². The summed E-state index contributed by atoms with van der Waals surface area (Å²) < 4.78 is 5.11. The van der Waals surface area contributed by atoms with Crippen molar-refractivity contribution in [3.05, 3.63) is 64.6 Å². The first kappa shape index (κ1) is 16.1. The maximum atomic E-state index is 11.3. The first-order valence-corrected chi connectivity index (χ1v) is 7.40. The zero-order chi connectivity index (χ0) is 16.3. The van der Waals surface area contributed by atoms with E-state index in [2.05, 4.69) is 33.4 Å². The summed E-state index contributed by atoms with van der Waals surface area (Å²) in [5.41, 5.74) is 1.70. The van der Waals surface area contributed by atoms with Gasteiger partial charge in [0.25, 0.3) is 0 Å². The molecule has 2 rings (SSSR count). The summed E-state index contributed by atoms with van der Waals surface area (Å²) in [6.07, 6.45) is 5.80. The minimum absolute atomic E-state index is 0.126. The van der Waals surface area contributed by atoms with E-state index < -0.39 is 5.63 Å². The van der Waals surface area contributed by atoms with E-state index in [-0.39, 0.29) is 11.2 Å². The second-order valence-electron chi connectivity index (χ2n) is 6.10. The summed E-state index contributed by atoms with van der Waals surface area (Å²) in [6, 6.07) is 6.48. The molecule has 0 aliphatic rings. The maximum absolute atomic E-state index is 11.3.